The molecule has 106 valence electrons. The molecule has 0 aromatic heterocycles. The predicted octanol–water partition coefficient (Wildman–Crippen LogP) is 1.33. The maximum absolute atomic E-state index is 12.0. The predicted molar refractivity (Wildman–Crippen MR) is 73.7 cm³/mol. The Bertz CT molecular complexity index is 439. The Labute approximate surface area is 114 Å². The first-order chi connectivity index (χ1) is 9.16. The second-order valence-electron chi connectivity index (χ2n) is 3.87. The topological polar surface area (TPSA) is 81.5 Å². The third kappa shape index (κ3) is 5.46. The zero-order valence-electron chi connectivity index (χ0n) is 10.8. The first-order valence-corrected chi connectivity index (χ1v) is 7.30. The molecule has 1 N–H and O–H groups in total. The molecule has 0 aliphatic heterocycles. The van der Waals surface area contributed by atoms with Crippen LogP contribution in [0, 0.1) is 10.1 Å². The minimum atomic E-state index is -1.34. The lowest BCUT2D eigenvalue weighted by molar-refractivity contribution is -0.387. The molecule has 6 nitrogen and oxygen atoms in total. The smallest absolute Gasteiger partial charge is 0.285 e. The molecule has 1 aromatic rings. The molecule has 1 unspecified atom stereocenters. The molecular weight excluding hydrogens is 268 g/mol. The van der Waals surface area contributed by atoms with Gasteiger partial charge >= 0.3 is 0 Å². The molecule has 0 saturated carbocycles. The summed E-state index contributed by atoms with van der Waals surface area (Å²) in [4.78, 5) is 10.6. The molecular formula is C12H18N2O4S. The summed E-state index contributed by atoms with van der Waals surface area (Å²) in [5.74, 6) is 0.408. The summed E-state index contributed by atoms with van der Waals surface area (Å²) in [5, 5.41) is 14.0. The quantitative estimate of drug-likeness (QED) is 0.421. The summed E-state index contributed by atoms with van der Waals surface area (Å²) in [6.45, 7) is 2.09. The number of para-hydroxylation sites is 1. The number of ether oxygens (including phenoxy) is 1. The number of benzene rings is 1. The Morgan fingerprint density at radius 2 is 2.11 bits per heavy atom. The number of nitro benzene ring substituents is 1. The molecule has 0 heterocycles. The van der Waals surface area contributed by atoms with Crippen LogP contribution < -0.4 is 5.32 Å². The minimum Gasteiger partial charge on any atom is -0.383 e. The van der Waals surface area contributed by atoms with Gasteiger partial charge in [0.25, 0.3) is 5.69 Å². The van der Waals surface area contributed by atoms with Gasteiger partial charge in [-0.15, -0.1) is 0 Å². The SMILES string of the molecule is COCCNCCCS(=O)c1ccccc1[N+](=O)[O-]. The molecule has 0 aliphatic carbocycles. The van der Waals surface area contributed by atoms with Crippen LogP contribution in [0.4, 0.5) is 5.69 Å². The van der Waals surface area contributed by atoms with Gasteiger partial charge in [-0.3, -0.25) is 14.3 Å². The van der Waals surface area contributed by atoms with Gasteiger partial charge in [-0.2, -0.15) is 0 Å². The van der Waals surface area contributed by atoms with Crippen molar-refractivity contribution in [2.45, 2.75) is 11.3 Å². The zero-order valence-corrected chi connectivity index (χ0v) is 11.6. The summed E-state index contributed by atoms with van der Waals surface area (Å²) in [5.41, 5.74) is -0.0758. The van der Waals surface area contributed by atoms with Crippen molar-refractivity contribution in [3.8, 4) is 0 Å². The third-order valence-corrected chi connectivity index (χ3v) is 3.97. The van der Waals surface area contributed by atoms with Crippen molar-refractivity contribution in [2.75, 3.05) is 32.6 Å². The maximum Gasteiger partial charge on any atom is 0.285 e. The monoisotopic (exact) mass is 286 g/mol. The summed E-state index contributed by atoms with van der Waals surface area (Å²) >= 11 is 0. The van der Waals surface area contributed by atoms with Gasteiger partial charge in [0.15, 0.2) is 0 Å². The Morgan fingerprint density at radius 1 is 1.37 bits per heavy atom. The van der Waals surface area contributed by atoms with Crippen molar-refractivity contribution in [1.82, 2.24) is 5.32 Å². The molecule has 0 fully saturated rings. The molecule has 7 heteroatoms. The van der Waals surface area contributed by atoms with Crippen LogP contribution in [0.2, 0.25) is 0 Å². The van der Waals surface area contributed by atoms with Crippen molar-refractivity contribution in [3.63, 3.8) is 0 Å². The van der Waals surface area contributed by atoms with E-state index in [2.05, 4.69) is 5.32 Å². The fourth-order valence-corrected chi connectivity index (χ4v) is 2.77. The normalized spacial score (nSPS) is 12.3. The highest BCUT2D eigenvalue weighted by molar-refractivity contribution is 7.85. The van der Waals surface area contributed by atoms with Crippen LogP contribution in [0.3, 0.4) is 0 Å². The Kier molecular flexibility index (Phi) is 7.24. The molecule has 1 atom stereocenters. The summed E-state index contributed by atoms with van der Waals surface area (Å²) in [6.07, 6.45) is 0.697. The van der Waals surface area contributed by atoms with E-state index in [9.17, 15) is 14.3 Å². The van der Waals surface area contributed by atoms with Gasteiger partial charge in [-0.1, -0.05) is 12.1 Å². The minimum absolute atomic E-state index is 0.0758. The molecule has 0 saturated heterocycles. The van der Waals surface area contributed by atoms with Crippen molar-refractivity contribution in [3.05, 3.63) is 34.4 Å². The number of nitrogens with one attached hydrogen (secondary N) is 1. The van der Waals surface area contributed by atoms with Crippen molar-refractivity contribution in [1.29, 1.82) is 0 Å². The van der Waals surface area contributed by atoms with E-state index in [1.807, 2.05) is 0 Å². The van der Waals surface area contributed by atoms with Crippen molar-refractivity contribution >= 4 is 16.5 Å². The van der Waals surface area contributed by atoms with E-state index >= 15 is 0 Å². The molecule has 0 aliphatic rings. The highest BCUT2D eigenvalue weighted by atomic mass is 32.2. The van der Waals surface area contributed by atoms with Gasteiger partial charge in [0.05, 0.1) is 22.3 Å². The summed E-state index contributed by atoms with van der Waals surface area (Å²) in [7, 11) is 0.295. The number of rotatable bonds is 9. The van der Waals surface area contributed by atoms with E-state index < -0.39 is 15.7 Å². The van der Waals surface area contributed by atoms with Crippen LogP contribution >= 0.6 is 0 Å². The number of nitro groups is 1. The van der Waals surface area contributed by atoms with Crippen LogP contribution in [0.15, 0.2) is 29.2 Å². The van der Waals surface area contributed by atoms with Gasteiger partial charge < -0.3 is 10.1 Å². The molecule has 0 amide bonds. The first-order valence-electron chi connectivity index (χ1n) is 5.98. The molecule has 1 aromatic carbocycles. The van der Waals surface area contributed by atoms with E-state index in [4.69, 9.17) is 4.74 Å². The fraction of sp³-hybridized carbons (Fsp3) is 0.500. The van der Waals surface area contributed by atoms with E-state index in [-0.39, 0.29) is 5.69 Å². The lowest BCUT2D eigenvalue weighted by Crippen LogP contribution is -2.21. The van der Waals surface area contributed by atoms with Crippen molar-refractivity contribution in [2.24, 2.45) is 0 Å². The Balaban J connectivity index is 2.43. The van der Waals surface area contributed by atoms with E-state index in [0.29, 0.717) is 23.7 Å². The van der Waals surface area contributed by atoms with Gasteiger partial charge in [0.2, 0.25) is 0 Å². The molecule has 0 radical (unpaired) electrons. The lowest BCUT2D eigenvalue weighted by atomic mass is 10.3. The van der Waals surface area contributed by atoms with E-state index in [1.54, 1.807) is 25.3 Å². The first kappa shape index (κ1) is 15.7. The summed E-state index contributed by atoms with van der Waals surface area (Å²) < 4.78 is 16.9. The highest BCUT2D eigenvalue weighted by Gasteiger charge is 2.17. The van der Waals surface area contributed by atoms with E-state index in [0.717, 1.165) is 13.1 Å². The van der Waals surface area contributed by atoms with Crippen LogP contribution in [-0.2, 0) is 15.5 Å². The largest absolute Gasteiger partial charge is 0.383 e. The fourth-order valence-electron chi connectivity index (χ4n) is 1.54. The molecule has 19 heavy (non-hydrogen) atoms. The molecule has 1 rings (SSSR count). The Hall–Kier alpha value is -1.31. The molecule has 0 bridgehead atoms. The van der Waals surface area contributed by atoms with Crippen molar-refractivity contribution < 1.29 is 13.9 Å². The van der Waals surface area contributed by atoms with Crippen LogP contribution in [-0.4, -0.2) is 41.7 Å². The summed E-state index contributed by atoms with van der Waals surface area (Å²) in [6, 6.07) is 6.17. The van der Waals surface area contributed by atoms with E-state index in [1.165, 1.54) is 6.07 Å². The van der Waals surface area contributed by atoms with Crippen LogP contribution in [0.25, 0.3) is 0 Å². The second kappa shape index (κ2) is 8.73. The zero-order chi connectivity index (χ0) is 14.1. The lowest BCUT2D eigenvalue weighted by Gasteiger charge is -2.05. The van der Waals surface area contributed by atoms with Gasteiger partial charge in [-0.25, -0.2) is 0 Å². The second-order valence-corrected chi connectivity index (χ2v) is 5.41. The number of methoxy groups -OCH3 is 1. The van der Waals surface area contributed by atoms with Crippen LogP contribution in [0.1, 0.15) is 6.42 Å². The molecule has 0 spiro atoms. The van der Waals surface area contributed by atoms with Gasteiger partial charge in [0.1, 0.15) is 4.90 Å². The Morgan fingerprint density at radius 3 is 2.79 bits per heavy atom. The standard InChI is InChI=1S/C12H18N2O4S/c1-18-9-8-13-7-4-10-19(17)12-6-3-2-5-11(12)14(15)16/h2-3,5-6,13H,4,7-10H2,1H3. The maximum atomic E-state index is 12.0. The van der Waals surface area contributed by atoms with Crippen LogP contribution in [0.5, 0.6) is 0 Å². The number of hydrogen-bond acceptors (Lipinski definition) is 5. The number of nitrogens with zero attached hydrogens (tertiary/aromatic N) is 1. The highest BCUT2D eigenvalue weighted by Crippen LogP contribution is 2.21. The van der Waals surface area contributed by atoms with Gasteiger partial charge in [0, 0.05) is 25.5 Å². The number of hydrogen-bond donors (Lipinski definition) is 1. The average Bonchev–Trinajstić information content (AvgIpc) is 2.42. The van der Waals surface area contributed by atoms with Gasteiger partial charge in [-0.05, 0) is 19.0 Å². The average molecular weight is 286 g/mol. The third-order valence-electron chi connectivity index (χ3n) is 2.47.